The van der Waals surface area contributed by atoms with Gasteiger partial charge in [-0.15, -0.1) is 0 Å². The van der Waals surface area contributed by atoms with Crippen molar-refractivity contribution in [1.29, 1.82) is 5.26 Å². The zero-order valence-electron chi connectivity index (χ0n) is 22.6. The number of halogens is 1. The number of aromatic amines is 1. The van der Waals surface area contributed by atoms with E-state index in [2.05, 4.69) is 10.1 Å². The highest BCUT2D eigenvalue weighted by Crippen LogP contribution is 2.49. The normalized spacial score (nSPS) is 25.0. The number of benzene rings is 1. The second kappa shape index (κ2) is 12.3. The van der Waals surface area contributed by atoms with Crippen molar-refractivity contribution in [3.8, 4) is 11.8 Å². The molecular weight excluding hydrogens is 567 g/mol. The van der Waals surface area contributed by atoms with Crippen molar-refractivity contribution in [2.75, 3.05) is 13.2 Å². The van der Waals surface area contributed by atoms with Gasteiger partial charge in [0.1, 0.15) is 29.4 Å². The lowest BCUT2D eigenvalue weighted by atomic mass is 9.84. The second-order valence-electron chi connectivity index (χ2n) is 10.7. The number of carbonyl (C=O) groups is 1. The van der Waals surface area contributed by atoms with Gasteiger partial charge >= 0.3 is 19.4 Å². The SMILES string of the molecule is C[C@H](NP(=O)(OC[C@H]1O[C@@H](n2ccc(=O)[nH]c2=O)[C@](C)(C#N)[C@@H]1O)Oc1ccc(Cl)cc1)C(=O)OCC(C)(C)C. The van der Waals surface area contributed by atoms with Crippen molar-refractivity contribution >= 4 is 25.3 Å². The molecule has 0 aliphatic carbocycles. The highest BCUT2D eigenvalue weighted by molar-refractivity contribution is 7.52. The van der Waals surface area contributed by atoms with Gasteiger partial charge in [0.05, 0.1) is 19.3 Å². The van der Waals surface area contributed by atoms with E-state index >= 15 is 0 Å². The summed E-state index contributed by atoms with van der Waals surface area (Å²) in [6.45, 7) is 7.97. The van der Waals surface area contributed by atoms with Crippen LogP contribution in [0.4, 0.5) is 0 Å². The van der Waals surface area contributed by atoms with E-state index < -0.39 is 61.5 Å². The number of ether oxygens (including phenoxy) is 2. The summed E-state index contributed by atoms with van der Waals surface area (Å²) in [5.41, 5.74) is -3.47. The number of aliphatic hydroxyl groups is 1. The summed E-state index contributed by atoms with van der Waals surface area (Å²) < 4.78 is 37.1. The minimum Gasteiger partial charge on any atom is -0.464 e. The summed E-state index contributed by atoms with van der Waals surface area (Å²) in [4.78, 5) is 38.5. The van der Waals surface area contributed by atoms with Crippen LogP contribution in [0.3, 0.4) is 0 Å². The van der Waals surface area contributed by atoms with Crippen LogP contribution in [-0.4, -0.2) is 52.1 Å². The topological polar surface area (TPSA) is 182 Å². The Bertz CT molecular complexity index is 1420. The quantitative estimate of drug-likeness (QED) is 0.270. The monoisotopic (exact) mass is 598 g/mol. The van der Waals surface area contributed by atoms with Crippen LogP contribution < -0.4 is 20.9 Å². The molecule has 13 nitrogen and oxygen atoms in total. The Balaban J connectivity index is 1.83. The summed E-state index contributed by atoms with van der Waals surface area (Å²) in [6, 6.07) is 7.76. The highest BCUT2D eigenvalue weighted by atomic mass is 35.5. The summed E-state index contributed by atoms with van der Waals surface area (Å²) >= 11 is 5.92. The van der Waals surface area contributed by atoms with Crippen molar-refractivity contribution in [3.05, 3.63) is 62.4 Å². The lowest BCUT2D eigenvalue weighted by Crippen LogP contribution is -2.41. The number of hydrogen-bond acceptors (Lipinski definition) is 10. The maximum absolute atomic E-state index is 13.8. The predicted octanol–water partition coefficient (Wildman–Crippen LogP) is 2.75. The molecule has 15 heteroatoms. The number of rotatable bonds is 10. The Labute approximate surface area is 235 Å². The van der Waals surface area contributed by atoms with Gasteiger partial charge in [0.25, 0.3) is 5.56 Å². The number of aliphatic hydroxyl groups excluding tert-OH is 1. The molecule has 2 heterocycles. The largest absolute Gasteiger partial charge is 0.464 e. The van der Waals surface area contributed by atoms with E-state index in [0.29, 0.717) is 5.02 Å². The molecule has 1 saturated heterocycles. The van der Waals surface area contributed by atoms with Gasteiger partial charge in [-0.2, -0.15) is 10.3 Å². The minimum absolute atomic E-state index is 0.0999. The predicted molar refractivity (Wildman–Crippen MR) is 144 cm³/mol. The van der Waals surface area contributed by atoms with Crippen molar-refractivity contribution in [1.82, 2.24) is 14.6 Å². The molecule has 6 atom stereocenters. The number of nitrogens with zero attached hydrogens (tertiary/aromatic N) is 2. The van der Waals surface area contributed by atoms with Gasteiger partial charge < -0.3 is 19.1 Å². The van der Waals surface area contributed by atoms with E-state index in [1.54, 1.807) is 0 Å². The lowest BCUT2D eigenvalue weighted by molar-refractivity contribution is -0.148. The Hall–Kier alpha value is -2.98. The number of hydrogen-bond donors (Lipinski definition) is 3. The van der Waals surface area contributed by atoms with Gasteiger partial charge in [0.15, 0.2) is 6.23 Å². The molecule has 1 aromatic heterocycles. The summed E-state index contributed by atoms with van der Waals surface area (Å²) in [7, 11) is -4.35. The molecule has 218 valence electrons. The zero-order chi connectivity index (χ0) is 29.9. The number of carbonyl (C=O) groups excluding carboxylic acids is 1. The molecule has 0 radical (unpaired) electrons. The molecule has 2 aromatic rings. The van der Waals surface area contributed by atoms with Gasteiger partial charge in [-0.3, -0.25) is 23.7 Å². The van der Waals surface area contributed by atoms with E-state index in [0.717, 1.165) is 16.8 Å². The molecule has 3 N–H and O–H groups in total. The first-order valence-corrected chi connectivity index (χ1v) is 14.2. The van der Waals surface area contributed by atoms with Gasteiger partial charge in [0, 0.05) is 17.3 Å². The maximum atomic E-state index is 13.8. The third kappa shape index (κ3) is 7.60. The van der Waals surface area contributed by atoms with E-state index in [9.17, 15) is 29.3 Å². The first-order valence-electron chi connectivity index (χ1n) is 12.3. The van der Waals surface area contributed by atoms with Crippen molar-refractivity contribution in [2.24, 2.45) is 10.8 Å². The zero-order valence-corrected chi connectivity index (χ0v) is 24.3. The molecule has 0 amide bonds. The summed E-state index contributed by atoms with van der Waals surface area (Å²) in [5.74, 6) is -0.604. The molecule has 3 rings (SSSR count). The third-order valence-electron chi connectivity index (χ3n) is 5.93. The molecule has 0 bridgehead atoms. The van der Waals surface area contributed by atoms with Crippen LogP contribution in [0.25, 0.3) is 0 Å². The van der Waals surface area contributed by atoms with Crippen LogP contribution in [0, 0.1) is 22.2 Å². The first kappa shape index (κ1) is 31.5. The van der Waals surface area contributed by atoms with E-state index in [-0.39, 0.29) is 17.8 Å². The number of nitriles is 1. The van der Waals surface area contributed by atoms with E-state index in [1.165, 1.54) is 38.1 Å². The van der Waals surface area contributed by atoms with Crippen molar-refractivity contribution in [3.63, 3.8) is 0 Å². The van der Waals surface area contributed by atoms with Crippen LogP contribution >= 0.6 is 19.3 Å². The van der Waals surface area contributed by atoms with Crippen LogP contribution in [0.5, 0.6) is 5.75 Å². The smallest absolute Gasteiger partial charge is 0.459 e. The van der Waals surface area contributed by atoms with Crippen molar-refractivity contribution < 1.29 is 33.0 Å². The molecule has 1 unspecified atom stereocenters. The fraction of sp³-hybridized carbons (Fsp3) is 0.520. The first-order chi connectivity index (χ1) is 18.6. The maximum Gasteiger partial charge on any atom is 0.459 e. The minimum atomic E-state index is -4.35. The number of nitrogens with one attached hydrogen (secondary N) is 2. The summed E-state index contributed by atoms with van der Waals surface area (Å²) in [5, 5.41) is 23.7. The molecule has 1 aromatic carbocycles. The fourth-order valence-corrected chi connectivity index (χ4v) is 5.36. The van der Waals surface area contributed by atoms with Gasteiger partial charge in [-0.1, -0.05) is 32.4 Å². The average molecular weight is 599 g/mol. The number of esters is 1. The fourth-order valence-electron chi connectivity index (χ4n) is 3.73. The molecule has 1 aliphatic heterocycles. The highest BCUT2D eigenvalue weighted by Gasteiger charge is 2.55. The van der Waals surface area contributed by atoms with Crippen LogP contribution in [0.15, 0.2) is 46.1 Å². The Morgan fingerprint density at radius 1 is 1.32 bits per heavy atom. The number of aromatic nitrogens is 2. The molecule has 0 spiro atoms. The molecule has 0 saturated carbocycles. The van der Waals surface area contributed by atoms with Gasteiger partial charge in [-0.05, 0) is 43.5 Å². The van der Waals surface area contributed by atoms with Gasteiger partial charge in [0.2, 0.25) is 0 Å². The number of H-pyrrole nitrogens is 1. The van der Waals surface area contributed by atoms with Crippen LogP contribution in [-0.2, 0) is 23.4 Å². The Morgan fingerprint density at radius 2 is 1.98 bits per heavy atom. The lowest BCUT2D eigenvalue weighted by Gasteiger charge is -2.26. The molecule has 40 heavy (non-hydrogen) atoms. The molecule has 1 aliphatic rings. The standard InChI is InChI=1S/C25H32ClN4O9P/c1-15(21(33)36-14-24(2,3)4)29-40(35,39-17-8-6-16(26)7-9-17)37-12-18-20(32)25(5,13-27)22(38-18)30-11-10-19(31)28-23(30)34/h6-11,15,18,20,22,32H,12,14H2,1-5H3,(H,29,35)(H,28,31,34)/t15-,18+,20+,22+,25+,40?/m0/s1. The molecule has 1 fully saturated rings. The third-order valence-corrected chi connectivity index (χ3v) is 7.82. The Morgan fingerprint density at radius 3 is 2.55 bits per heavy atom. The van der Waals surface area contributed by atoms with Crippen molar-refractivity contribution in [2.45, 2.75) is 59.1 Å². The van der Waals surface area contributed by atoms with Crippen LogP contribution in [0.2, 0.25) is 5.02 Å². The average Bonchev–Trinajstić information content (AvgIpc) is 3.12. The van der Waals surface area contributed by atoms with E-state index in [4.69, 9.17) is 30.1 Å². The summed E-state index contributed by atoms with van der Waals surface area (Å²) in [6.07, 6.45) is -2.96. The molecular formula is C25H32ClN4O9P. The Kier molecular flexibility index (Phi) is 9.67. The van der Waals surface area contributed by atoms with Crippen LogP contribution in [0.1, 0.15) is 40.8 Å². The van der Waals surface area contributed by atoms with Gasteiger partial charge in [-0.25, -0.2) is 9.36 Å². The second-order valence-corrected chi connectivity index (χ2v) is 12.9. The van der Waals surface area contributed by atoms with E-state index in [1.807, 2.05) is 26.8 Å².